The Hall–Kier alpha value is -3.32. The Bertz CT molecular complexity index is 1360. The lowest BCUT2D eigenvalue weighted by Crippen LogP contribution is -2.05. The van der Waals surface area contributed by atoms with Gasteiger partial charge < -0.3 is 0 Å². The molecule has 4 heterocycles. The number of hydrogen-bond acceptors (Lipinski definition) is 5. The molecule has 1 aliphatic rings. The number of aromatic nitrogens is 6. The molecule has 0 bridgehead atoms. The van der Waals surface area contributed by atoms with Gasteiger partial charge in [0.2, 0.25) is 0 Å². The second kappa shape index (κ2) is 7.98. The normalized spacial score (nSPS) is 14.9. The smallest absolute Gasteiger partial charge is 0.167 e. The molecule has 0 atom stereocenters. The number of aromatic amines is 1. The van der Waals surface area contributed by atoms with Crippen molar-refractivity contribution >= 4 is 17.0 Å². The summed E-state index contributed by atoms with van der Waals surface area (Å²) in [4.78, 5) is 15.3. The van der Waals surface area contributed by atoms with E-state index in [1.54, 1.807) is 17.7 Å². The van der Waals surface area contributed by atoms with Gasteiger partial charge in [-0.2, -0.15) is 5.10 Å². The van der Waals surface area contributed by atoms with Crippen molar-refractivity contribution in [1.29, 1.82) is 0 Å². The number of pyridine rings is 1. The van der Waals surface area contributed by atoms with Gasteiger partial charge in [0.1, 0.15) is 22.7 Å². The summed E-state index contributed by atoms with van der Waals surface area (Å²) in [6, 6.07) is 14.7. The summed E-state index contributed by atoms with van der Waals surface area (Å²) in [6.45, 7) is 2.07. The van der Waals surface area contributed by atoms with Crippen molar-refractivity contribution in [3.63, 3.8) is 0 Å². The van der Waals surface area contributed by atoms with Crippen LogP contribution in [0, 0.1) is 6.92 Å². The summed E-state index contributed by atoms with van der Waals surface area (Å²) >= 11 is 1.63. The topological polar surface area (TPSA) is 71.8 Å². The third-order valence-electron chi connectivity index (χ3n) is 6.40. The number of fused-ring (bicyclic) bond motifs is 1. The van der Waals surface area contributed by atoms with Gasteiger partial charge in [0.05, 0.1) is 16.3 Å². The highest BCUT2D eigenvalue weighted by Crippen LogP contribution is 2.40. The van der Waals surface area contributed by atoms with Gasteiger partial charge in [0, 0.05) is 11.8 Å². The number of imidazole rings is 1. The minimum atomic E-state index is 0.643. The maximum atomic E-state index is 5.10. The van der Waals surface area contributed by atoms with Gasteiger partial charge in [-0.15, -0.1) is 11.3 Å². The summed E-state index contributed by atoms with van der Waals surface area (Å²) in [7, 11) is 0. The summed E-state index contributed by atoms with van der Waals surface area (Å²) in [6.07, 6.45) is 10.4. The summed E-state index contributed by atoms with van der Waals surface area (Å²) in [5, 5.41) is 8.02. The van der Waals surface area contributed by atoms with Gasteiger partial charge in [-0.25, -0.2) is 15.0 Å². The molecule has 32 heavy (non-hydrogen) atoms. The quantitative estimate of drug-likeness (QED) is 0.358. The van der Waals surface area contributed by atoms with Crippen LogP contribution < -0.4 is 0 Å². The average molecular weight is 441 g/mol. The second-order valence-electron chi connectivity index (χ2n) is 8.47. The number of H-pyrrole nitrogens is 1. The van der Waals surface area contributed by atoms with Gasteiger partial charge in [-0.3, -0.25) is 9.50 Å². The standard InChI is InChI=1S/C25H24N6S/c1-16-22(31-14-19(12-13-20(31)28-16)17-8-4-2-5-9-17)25-29-21(18-10-6-3-7-11-18)23(32-25)24-26-15-27-30-24/h3,6-7,10-15,17H,2,4-5,8-9H2,1H3,(H,26,27,30). The van der Waals surface area contributed by atoms with Gasteiger partial charge in [0.15, 0.2) is 5.82 Å². The fourth-order valence-corrected chi connectivity index (χ4v) is 5.93. The molecule has 1 aliphatic carbocycles. The van der Waals surface area contributed by atoms with Crippen LogP contribution in [0.3, 0.4) is 0 Å². The maximum Gasteiger partial charge on any atom is 0.167 e. The monoisotopic (exact) mass is 440 g/mol. The molecule has 0 amide bonds. The van der Waals surface area contributed by atoms with Crippen LogP contribution in [-0.2, 0) is 0 Å². The molecule has 6 nitrogen and oxygen atoms in total. The molecule has 5 aromatic rings. The molecule has 0 radical (unpaired) electrons. The van der Waals surface area contributed by atoms with Crippen molar-refractivity contribution in [2.45, 2.75) is 44.9 Å². The molecule has 0 unspecified atom stereocenters. The Morgan fingerprint density at radius 1 is 1.00 bits per heavy atom. The van der Waals surface area contributed by atoms with Gasteiger partial charge in [-0.1, -0.05) is 55.7 Å². The lowest BCUT2D eigenvalue weighted by molar-refractivity contribution is 0.442. The number of benzene rings is 1. The highest BCUT2D eigenvalue weighted by Gasteiger charge is 2.23. The van der Waals surface area contributed by atoms with Crippen molar-refractivity contribution in [3.05, 3.63) is 66.2 Å². The largest absolute Gasteiger partial charge is 0.297 e. The SMILES string of the molecule is Cc1nc2ccc(C3CCCCC3)cn2c1-c1nc(-c2ccccc2)c(-c2ncn[nH]2)s1. The predicted octanol–water partition coefficient (Wildman–Crippen LogP) is 6.27. The predicted molar refractivity (Wildman–Crippen MR) is 128 cm³/mol. The molecular formula is C25H24N6S. The van der Waals surface area contributed by atoms with Crippen molar-refractivity contribution < 1.29 is 0 Å². The first-order valence-electron chi connectivity index (χ1n) is 11.2. The number of nitrogens with zero attached hydrogens (tertiary/aromatic N) is 5. The molecule has 0 spiro atoms. The third-order valence-corrected chi connectivity index (χ3v) is 7.47. The van der Waals surface area contributed by atoms with E-state index in [0.717, 1.165) is 44.0 Å². The first kappa shape index (κ1) is 19.4. The molecule has 0 saturated heterocycles. The molecular weight excluding hydrogens is 416 g/mol. The van der Waals surface area contributed by atoms with E-state index in [4.69, 9.17) is 9.97 Å². The van der Waals surface area contributed by atoms with E-state index in [0.29, 0.717) is 5.92 Å². The second-order valence-corrected chi connectivity index (χ2v) is 9.47. The van der Waals surface area contributed by atoms with Gasteiger partial charge >= 0.3 is 0 Å². The van der Waals surface area contributed by atoms with E-state index in [2.05, 4.69) is 57.0 Å². The number of aryl methyl sites for hydroxylation is 1. The summed E-state index contributed by atoms with van der Waals surface area (Å²) in [5.41, 5.74) is 6.41. The highest BCUT2D eigenvalue weighted by molar-refractivity contribution is 7.18. The van der Waals surface area contributed by atoms with Crippen LogP contribution in [0.4, 0.5) is 0 Å². The first-order valence-corrected chi connectivity index (χ1v) is 12.0. The maximum absolute atomic E-state index is 5.10. The zero-order valence-corrected chi connectivity index (χ0v) is 18.8. The summed E-state index contributed by atoms with van der Waals surface area (Å²) < 4.78 is 2.23. The Kier molecular flexibility index (Phi) is 4.83. The Balaban J connectivity index is 1.52. The molecule has 1 aromatic carbocycles. The molecule has 160 valence electrons. The Morgan fingerprint density at radius 3 is 2.62 bits per heavy atom. The van der Waals surface area contributed by atoms with E-state index in [9.17, 15) is 0 Å². The van der Waals surface area contributed by atoms with E-state index < -0.39 is 0 Å². The number of hydrogen-bond donors (Lipinski definition) is 1. The lowest BCUT2D eigenvalue weighted by atomic mass is 9.85. The van der Waals surface area contributed by atoms with Gasteiger partial charge in [-0.05, 0) is 37.3 Å². The molecule has 6 rings (SSSR count). The van der Waals surface area contributed by atoms with Crippen LogP contribution in [0.5, 0.6) is 0 Å². The highest BCUT2D eigenvalue weighted by atomic mass is 32.1. The Morgan fingerprint density at radius 2 is 1.84 bits per heavy atom. The number of nitrogens with one attached hydrogen (secondary N) is 1. The van der Waals surface area contributed by atoms with Crippen LogP contribution in [0.2, 0.25) is 0 Å². The van der Waals surface area contributed by atoms with Crippen LogP contribution in [-0.4, -0.2) is 29.5 Å². The molecule has 1 N–H and O–H groups in total. The Labute approximate surface area is 190 Å². The van der Waals surface area contributed by atoms with E-state index >= 15 is 0 Å². The fraction of sp³-hybridized carbons (Fsp3) is 0.280. The zero-order valence-electron chi connectivity index (χ0n) is 18.0. The third kappa shape index (κ3) is 3.33. The minimum absolute atomic E-state index is 0.643. The van der Waals surface area contributed by atoms with Crippen LogP contribution in [0.15, 0.2) is 55.0 Å². The average Bonchev–Trinajstić information content (AvgIpc) is 3.57. The molecule has 0 aliphatic heterocycles. The summed E-state index contributed by atoms with van der Waals surface area (Å²) in [5.74, 6) is 1.38. The van der Waals surface area contributed by atoms with Crippen molar-refractivity contribution in [3.8, 4) is 32.7 Å². The molecule has 7 heteroatoms. The molecule has 1 fully saturated rings. The number of rotatable bonds is 4. The van der Waals surface area contributed by atoms with E-state index in [1.165, 1.54) is 37.7 Å². The first-order chi connectivity index (χ1) is 15.8. The van der Waals surface area contributed by atoms with Crippen molar-refractivity contribution in [1.82, 2.24) is 29.5 Å². The zero-order chi connectivity index (χ0) is 21.5. The van der Waals surface area contributed by atoms with Crippen molar-refractivity contribution in [2.24, 2.45) is 0 Å². The molecule has 1 saturated carbocycles. The van der Waals surface area contributed by atoms with Crippen LogP contribution in [0.1, 0.15) is 49.3 Å². The number of thiazole rings is 1. The van der Waals surface area contributed by atoms with Crippen LogP contribution >= 0.6 is 11.3 Å². The van der Waals surface area contributed by atoms with E-state index in [-0.39, 0.29) is 0 Å². The lowest BCUT2D eigenvalue weighted by Gasteiger charge is -2.22. The fourth-order valence-electron chi connectivity index (χ4n) is 4.80. The molecule has 4 aromatic heterocycles. The van der Waals surface area contributed by atoms with Crippen LogP contribution in [0.25, 0.3) is 38.3 Å². The minimum Gasteiger partial charge on any atom is -0.297 e. The van der Waals surface area contributed by atoms with Crippen molar-refractivity contribution in [2.75, 3.05) is 0 Å². The van der Waals surface area contributed by atoms with E-state index in [1.807, 2.05) is 18.2 Å². The van der Waals surface area contributed by atoms with Gasteiger partial charge in [0.25, 0.3) is 0 Å².